The second kappa shape index (κ2) is 5.84. The Balaban J connectivity index is 2.30. The average Bonchev–Trinajstić information content (AvgIpc) is 2.30. The third-order valence-electron chi connectivity index (χ3n) is 2.37. The average molecular weight is 206 g/mol. The van der Waals surface area contributed by atoms with E-state index in [1.807, 2.05) is 0 Å². The molecule has 0 aromatic heterocycles. The summed E-state index contributed by atoms with van der Waals surface area (Å²) in [6, 6.07) is 0. The molecule has 1 rings (SSSR count). The van der Waals surface area contributed by atoms with E-state index in [9.17, 15) is 0 Å². The van der Waals surface area contributed by atoms with Gasteiger partial charge in [-0.25, -0.2) is 0 Å². The highest BCUT2D eigenvalue weighted by atomic mass is 35.5. The zero-order chi connectivity index (χ0) is 9.68. The van der Waals surface area contributed by atoms with Gasteiger partial charge in [0.2, 0.25) is 0 Å². The van der Waals surface area contributed by atoms with Gasteiger partial charge < -0.3 is 9.64 Å². The zero-order valence-corrected chi connectivity index (χ0v) is 9.39. The predicted molar refractivity (Wildman–Crippen MR) is 56.4 cm³/mol. The van der Waals surface area contributed by atoms with Gasteiger partial charge in [0.15, 0.2) is 0 Å². The van der Waals surface area contributed by atoms with Gasteiger partial charge in [-0.3, -0.25) is 0 Å². The minimum atomic E-state index is 0.380. The smallest absolute Gasteiger partial charge is 0.0673 e. The minimum Gasteiger partial charge on any atom is -0.377 e. The van der Waals surface area contributed by atoms with Gasteiger partial charge in [-0.2, -0.15) is 0 Å². The van der Waals surface area contributed by atoms with E-state index in [4.69, 9.17) is 16.3 Å². The quantitative estimate of drug-likeness (QED) is 0.654. The van der Waals surface area contributed by atoms with E-state index >= 15 is 0 Å². The van der Waals surface area contributed by atoms with Crippen molar-refractivity contribution < 1.29 is 4.74 Å². The van der Waals surface area contributed by atoms with Crippen molar-refractivity contribution in [1.29, 1.82) is 0 Å². The van der Waals surface area contributed by atoms with Gasteiger partial charge in [0.1, 0.15) is 0 Å². The molecule has 0 aromatic carbocycles. The molecule has 1 aliphatic rings. The number of halogens is 1. The molecule has 78 valence electrons. The van der Waals surface area contributed by atoms with E-state index in [0.29, 0.717) is 12.0 Å². The molecule has 2 unspecified atom stereocenters. The maximum Gasteiger partial charge on any atom is 0.0673 e. The maximum absolute atomic E-state index is 5.79. The molecule has 2 atom stereocenters. The standard InChI is InChI=1S/C10H20ClNO/c1-9(6-11)7-12-4-3-5-13-10(2)8-12/h9-10H,3-8H2,1-2H3. The van der Waals surface area contributed by atoms with Crippen molar-refractivity contribution >= 4 is 11.6 Å². The summed E-state index contributed by atoms with van der Waals surface area (Å²) in [5, 5.41) is 0. The highest BCUT2D eigenvalue weighted by molar-refractivity contribution is 6.18. The molecular weight excluding hydrogens is 186 g/mol. The highest BCUT2D eigenvalue weighted by Crippen LogP contribution is 2.08. The molecule has 2 nitrogen and oxygen atoms in total. The summed E-state index contributed by atoms with van der Waals surface area (Å²) >= 11 is 5.79. The highest BCUT2D eigenvalue weighted by Gasteiger charge is 2.16. The predicted octanol–water partition coefficient (Wildman–Crippen LogP) is 1.97. The fraction of sp³-hybridized carbons (Fsp3) is 1.00. The second-order valence-electron chi connectivity index (χ2n) is 4.05. The van der Waals surface area contributed by atoms with E-state index in [1.54, 1.807) is 0 Å². The van der Waals surface area contributed by atoms with Crippen molar-refractivity contribution in [2.75, 3.05) is 32.1 Å². The van der Waals surface area contributed by atoms with Crippen LogP contribution in [0, 0.1) is 5.92 Å². The van der Waals surface area contributed by atoms with Gasteiger partial charge in [-0.1, -0.05) is 6.92 Å². The molecule has 0 amide bonds. The lowest BCUT2D eigenvalue weighted by Crippen LogP contribution is -2.34. The normalized spacial score (nSPS) is 28.4. The van der Waals surface area contributed by atoms with Crippen molar-refractivity contribution in [3.8, 4) is 0 Å². The van der Waals surface area contributed by atoms with Crippen molar-refractivity contribution in [3.05, 3.63) is 0 Å². The molecule has 0 N–H and O–H groups in total. The third-order valence-corrected chi connectivity index (χ3v) is 2.90. The van der Waals surface area contributed by atoms with Gasteiger partial charge in [0.05, 0.1) is 6.10 Å². The lowest BCUT2D eigenvalue weighted by atomic mass is 10.2. The Morgan fingerprint density at radius 1 is 1.62 bits per heavy atom. The van der Waals surface area contributed by atoms with E-state index in [1.165, 1.54) is 0 Å². The number of hydrogen-bond donors (Lipinski definition) is 0. The summed E-state index contributed by atoms with van der Waals surface area (Å²) in [7, 11) is 0. The van der Waals surface area contributed by atoms with E-state index in [2.05, 4.69) is 18.7 Å². The number of nitrogens with zero attached hydrogens (tertiary/aromatic N) is 1. The Kier molecular flexibility index (Phi) is 5.07. The molecule has 0 spiro atoms. The summed E-state index contributed by atoms with van der Waals surface area (Å²) in [4.78, 5) is 2.46. The van der Waals surface area contributed by atoms with Crippen LogP contribution in [0.3, 0.4) is 0 Å². The lowest BCUT2D eigenvalue weighted by Gasteiger charge is -2.24. The molecule has 1 fully saturated rings. The summed E-state index contributed by atoms with van der Waals surface area (Å²) in [6.07, 6.45) is 1.53. The van der Waals surface area contributed by atoms with Crippen molar-refractivity contribution in [2.24, 2.45) is 5.92 Å². The molecule has 0 saturated carbocycles. The summed E-state index contributed by atoms with van der Waals surface area (Å²) in [6.45, 7) is 8.57. The van der Waals surface area contributed by atoms with Gasteiger partial charge in [-0.05, 0) is 19.3 Å². The topological polar surface area (TPSA) is 12.5 Å². The number of ether oxygens (including phenoxy) is 1. The Morgan fingerprint density at radius 2 is 2.38 bits per heavy atom. The first-order valence-electron chi connectivity index (χ1n) is 5.12. The summed E-state index contributed by atoms with van der Waals surface area (Å²) < 4.78 is 5.57. The largest absolute Gasteiger partial charge is 0.377 e. The molecule has 1 aliphatic heterocycles. The van der Waals surface area contributed by atoms with Crippen LogP contribution in [0.2, 0.25) is 0 Å². The maximum atomic E-state index is 5.79. The fourth-order valence-corrected chi connectivity index (χ4v) is 1.83. The van der Waals surface area contributed by atoms with Gasteiger partial charge in [0, 0.05) is 32.1 Å². The number of rotatable bonds is 3. The molecule has 1 saturated heterocycles. The molecular formula is C10H20ClNO. The van der Waals surface area contributed by atoms with Gasteiger partial charge in [-0.15, -0.1) is 11.6 Å². The van der Waals surface area contributed by atoms with E-state index in [-0.39, 0.29) is 0 Å². The first kappa shape index (κ1) is 11.3. The van der Waals surface area contributed by atoms with Crippen LogP contribution in [0.15, 0.2) is 0 Å². The fourth-order valence-electron chi connectivity index (χ4n) is 1.74. The molecule has 3 heteroatoms. The van der Waals surface area contributed by atoms with Crippen molar-refractivity contribution in [3.63, 3.8) is 0 Å². The van der Waals surface area contributed by atoms with Crippen LogP contribution in [0.25, 0.3) is 0 Å². The number of alkyl halides is 1. The van der Waals surface area contributed by atoms with Crippen LogP contribution in [-0.2, 0) is 4.74 Å². The van der Waals surface area contributed by atoms with Crippen LogP contribution in [0.5, 0.6) is 0 Å². The van der Waals surface area contributed by atoms with Gasteiger partial charge >= 0.3 is 0 Å². The molecule has 0 aromatic rings. The zero-order valence-electron chi connectivity index (χ0n) is 8.63. The van der Waals surface area contributed by atoms with Crippen LogP contribution in [0.1, 0.15) is 20.3 Å². The third kappa shape index (κ3) is 4.30. The number of hydrogen-bond acceptors (Lipinski definition) is 2. The molecule has 0 bridgehead atoms. The SMILES string of the molecule is CC(CCl)CN1CCCOC(C)C1. The monoisotopic (exact) mass is 205 g/mol. The van der Waals surface area contributed by atoms with Crippen LogP contribution < -0.4 is 0 Å². The Labute approximate surface area is 86.2 Å². The molecule has 0 radical (unpaired) electrons. The molecule has 13 heavy (non-hydrogen) atoms. The van der Waals surface area contributed by atoms with Crippen molar-refractivity contribution in [2.45, 2.75) is 26.4 Å². The summed E-state index contributed by atoms with van der Waals surface area (Å²) in [5.41, 5.74) is 0. The molecule has 1 heterocycles. The van der Waals surface area contributed by atoms with Crippen LogP contribution in [0.4, 0.5) is 0 Å². The Hall–Kier alpha value is 0.210. The van der Waals surface area contributed by atoms with Crippen molar-refractivity contribution in [1.82, 2.24) is 4.90 Å². The van der Waals surface area contributed by atoms with E-state index < -0.39 is 0 Å². The van der Waals surface area contributed by atoms with Crippen LogP contribution in [-0.4, -0.2) is 43.1 Å². The van der Waals surface area contributed by atoms with E-state index in [0.717, 1.165) is 38.5 Å². The minimum absolute atomic E-state index is 0.380. The lowest BCUT2D eigenvalue weighted by molar-refractivity contribution is 0.0663. The Morgan fingerprint density at radius 3 is 3.08 bits per heavy atom. The van der Waals surface area contributed by atoms with Gasteiger partial charge in [0.25, 0.3) is 0 Å². The molecule has 0 aliphatic carbocycles. The van der Waals surface area contributed by atoms with Crippen LogP contribution >= 0.6 is 11.6 Å². The first-order chi connectivity index (χ1) is 6.22. The summed E-state index contributed by atoms with van der Waals surface area (Å²) in [5.74, 6) is 1.35. The first-order valence-corrected chi connectivity index (χ1v) is 5.65. The Bertz CT molecular complexity index is 143. The second-order valence-corrected chi connectivity index (χ2v) is 4.36.